The van der Waals surface area contributed by atoms with E-state index < -0.39 is 17.3 Å². The summed E-state index contributed by atoms with van der Waals surface area (Å²) in [6.07, 6.45) is -2.56. The minimum Gasteiger partial charge on any atom is -0.324 e. The zero-order valence-electron chi connectivity index (χ0n) is 10.4. The Morgan fingerprint density at radius 2 is 1.79 bits per heavy atom. The number of hydrogen-bond donors (Lipinski definition) is 2. The van der Waals surface area contributed by atoms with Crippen LogP contribution in [0.4, 0.5) is 18.9 Å². The smallest absolute Gasteiger partial charge is 0.324 e. The number of rotatable bonds is 3. The number of halogens is 3. The van der Waals surface area contributed by atoms with Crippen LogP contribution in [0.3, 0.4) is 0 Å². The first-order valence-electron chi connectivity index (χ1n) is 5.99. The predicted octanol–water partition coefficient (Wildman–Crippen LogP) is 2.77. The molecule has 1 atom stereocenters. The van der Waals surface area contributed by atoms with Crippen molar-refractivity contribution < 1.29 is 18.0 Å². The third kappa shape index (κ3) is 3.07. The normalized spacial score (nSPS) is 18.8. The molecule has 3 nitrogen and oxygen atoms in total. The van der Waals surface area contributed by atoms with Crippen molar-refractivity contribution in [3.05, 3.63) is 29.8 Å². The second kappa shape index (κ2) is 4.52. The van der Waals surface area contributed by atoms with Gasteiger partial charge in [-0.2, -0.15) is 13.2 Å². The van der Waals surface area contributed by atoms with Gasteiger partial charge in [0.2, 0.25) is 5.91 Å². The van der Waals surface area contributed by atoms with E-state index in [-0.39, 0.29) is 11.8 Å². The molecule has 1 fully saturated rings. The first kappa shape index (κ1) is 13.9. The third-order valence-corrected chi connectivity index (χ3v) is 3.38. The lowest BCUT2D eigenvalue weighted by Crippen LogP contribution is -2.50. The Morgan fingerprint density at radius 1 is 1.26 bits per heavy atom. The molecule has 0 saturated heterocycles. The van der Waals surface area contributed by atoms with Crippen molar-refractivity contribution in [3.8, 4) is 0 Å². The molecule has 1 amide bonds. The highest BCUT2D eigenvalue weighted by atomic mass is 19.4. The van der Waals surface area contributed by atoms with Gasteiger partial charge >= 0.3 is 6.18 Å². The average Bonchev–Trinajstić information content (AvgIpc) is 3.12. The van der Waals surface area contributed by atoms with Gasteiger partial charge in [-0.25, -0.2) is 0 Å². The summed E-state index contributed by atoms with van der Waals surface area (Å²) >= 11 is 0. The van der Waals surface area contributed by atoms with E-state index in [1.165, 1.54) is 12.1 Å². The van der Waals surface area contributed by atoms with Crippen LogP contribution in [0.25, 0.3) is 0 Å². The van der Waals surface area contributed by atoms with Crippen LogP contribution in [0.2, 0.25) is 0 Å². The molecular formula is C13H15F3N2O. The van der Waals surface area contributed by atoms with Gasteiger partial charge in [0.1, 0.15) is 0 Å². The number of alkyl halides is 3. The average molecular weight is 272 g/mol. The second-order valence-electron chi connectivity index (χ2n) is 5.09. The Bertz CT molecular complexity index is 476. The molecule has 1 saturated carbocycles. The summed E-state index contributed by atoms with van der Waals surface area (Å²) in [7, 11) is 0. The summed E-state index contributed by atoms with van der Waals surface area (Å²) in [4.78, 5) is 11.9. The van der Waals surface area contributed by atoms with Gasteiger partial charge in [0.15, 0.2) is 0 Å². The Balaban J connectivity index is 2.05. The van der Waals surface area contributed by atoms with Crippen LogP contribution in [0.15, 0.2) is 24.3 Å². The number of benzene rings is 1. The number of anilines is 1. The first-order chi connectivity index (χ1) is 8.71. The van der Waals surface area contributed by atoms with Crippen LogP contribution < -0.4 is 11.1 Å². The van der Waals surface area contributed by atoms with Gasteiger partial charge < -0.3 is 11.1 Å². The highest BCUT2D eigenvalue weighted by molar-refractivity contribution is 5.98. The lowest BCUT2D eigenvalue weighted by atomic mass is 9.96. The van der Waals surface area contributed by atoms with Gasteiger partial charge in [0.05, 0.1) is 11.1 Å². The number of carbonyl (C=O) groups excluding carboxylic acids is 1. The van der Waals surface area contributed by atoms with Gasteiger partial charge in [-0.05, 0) is 49.9 Å². The number of nitrogens with one attached hydrogen (secondary N) is 1. The molecule has 0 aliphatic heterocycles. The monoisotopic (exact) mass is 272 g/mol. The molecule has 1 aliphatic carbocycles. The largest absolute Gasteiger partial charge is 0.416 e. The zero-order chi connectivity index (χ0) is 14.3. The van der Waals surface area contributed by atoms with E-state index in [4.69, 9.17) is 5.73 Å². The zero-order valence-corrected chi connectivity index (χ0v) is 10.4. The van der Waals surface area contributed by atoms with Crippen molar-refractivity contribution >= 4 is 11.6 Å². The topological polar surface area (TPSA) is 55.1 Å². The summed E-state index contributed by atoms with van der Waals surface area (Å²) < 4.78 is 37.1. The van der Waals surface area contributed by atoms with E-state index in [2.05, 4.69) is 5.32 Å². The van der Waals surface area contributed by atoms with Crippen molar-refractivity contribution in [1.29, 1.82) is 0 Å². The van der Waals surface area contributed by atoms with Crippen molar-refractivity contribution in [2.45, 2.75) is 31.5 Å². The number of hydrogen-bond acceptors (Lipinski definition) is 2. The van der Waals surface area contributed by atoms with E-state index in [0.29, 0.717) is 5.69 Å². The lowest BCUT2D eigenvalue weighted by molar-refractivity contribution is -0.137. The van der Waals surface area contributed by atoms with Gasteiger partial charge in [-0.1, -0.05) is 0 Å². The molecule has 0 heterocycles. The van der Waals surface area contributed by atoms with Gasteiger partial charge in [-0.15, -0.1) is 0 Å². The Morgan fingerprint density at radius 3 is 2.21 bits per heavy atom. The molecule has 1 aromatic carbocycles. The minimum atomic E-state index is -4.38. The summed E-state index contributed by atoms with van der Waals surface area (Å²) in [5, 5.41) is 2.55. The summed E-state index contributed by atoms with van der Waals surface area (Å²) in [6, 6.07) is 4.31. The standard InChI is InChI=1S/C13H15F3N2O/c1-12(17,8-2-3-8)11(19)18-10-6-4-9(5-7-10)13(14,15)16/h4-8H,2-3,17H2,1H3,(H,18,19). The third-order valence-electron chi connectivity index (χ3n) is 3.38. The van der Waals surface area contributed by atoms with Crippen molar-refractivity contribution in [2.24, 2.45) is 11.7 Å². The molecule has 0 radical (unpaired) electrons. The highest BCUT2D eigenvalue weighted by Crippen LogP contribution is 2.38. The van der Waals surface area contributed by atoms with Gasteiger partial charge in [0, 0.05) is 5.69 Å². The maximum absolute atomic E-state index is 12.4. The van der Waals surface area contributed by atoms with E-state index in [0.717, 1.165) is 25.0 Å². The number of nitrogens with two attached hydrogens (primary N) is 1. The molecule has 1 aliphatic rings. The summed E-state index contributed by atoms with van der Waals surface area (Å²) in [5.74, 6) is -0.211. The van der Waals surface area contributed by atoms with E-state index in [1.54, 1.807) is 6.92 Å². The Kier molecular flexibility index (Phi) is 3.30. The Hall–Kier alpha value is -1.56. The predicted molar refractivity (Wildman–Crippen MR) is 65.4 cm³/mol. The van der Waals surface area contributed by atoms with Crippen LogP contribution in [0.1, 0.15) is 25.3 Å². The maximum atomic E-state index is 12.4. The van der Waals surface area contributed by atoms with E-state index in [9.17, 15) is 18.0 Å². The molecule has 1 aromatic rings. The molecule has 0 spiro atoms. The SMILES string of the molecule is CC(N)(C(=O)Nc1ccc(C(F)(F)F)cc1)C1CC1. The first-order valence-corrected chi connectivity index (χ1v) is 5.99. The fourth-order valence-corrected chi connectivity index (χ4v) is 1.88. The van der Waals surface area contributed by atoms with Crippen molar-refractivity contribution in [1.82, 2.24) is 0 Å². The van der Waals surface area contributed by atoms with Crippen LogP contribution >= 0.6 is 0 Å². The van der Waals surface area contributed by atoms with Crippen LogP contribution in [0, 0.1) is 5.92 Å². The number of amides is 1. The van der Waals surface area contributed by atoms with Crippen LogP contribution in [-0.2, 0) is 11.0 Å². The molecule has 0 bridgehead atoms. The van der Waals surface area contributed by atoms with Crippen LogP contribution in [0.5, 0.6) is 0 Å². The molecule has 1 unspecified atom stereocenters. The van der Waals surface area contributed by atoms with Crippen molar-refractivity contribution in [2.75, 3.05) is 5.32 Å². The van der Waals surface area contributed by atoms with Gasteiger partial charge in [0.25, 0.3) is 0 Å². The Labute approximate surface area is 109 Å². The fraction of sp³-hybridized carbons (Fsp3) is 0.462. The minimum absolute atomic E-state index is 0.155. The number of carbonyl (C=O) groups is 1. The van der Waals surface area contributed by atoms with Crippen molar-refractivity contribution in [3.63, 3.8) is 0 Å². The van der Waals surface area contributed by atoms with Gasteiger partial charge in [-0.3, -0.25) is 4.79 Å². The van der Waals surface area contributed by atoms with E-state index in [1.807, 2.05) is 0 Å². The molecule has 19 heavy (non-hydrogen) atoms. The molecule has 0 aromatic heterocycles. The lowest BCUT2D eigenvalue weighted by Gasteiger charge is -2.23. The molecule has 3 N–H and O–H groups in total. The summed E-state index contributed by atoms with van der Waals surface area (Å²) in [6.45, 7) is 1.64. The molecule has 2 rings (SSSR count). The quantitative estimate of drug-likeness (QED) is 0.889. The maximum Gasteiger partial charge on any atom is 0.416 e. The van der Waals surface area contributed by atoms with Crippen LogP contribution in [-0.4, -0.2) is 11.4 Å². The highest BCUT2D eigenvalue weighted by Gasteiger charge is 2.44. The van der Waals surface area contributed by atoms with E-state index >= 15 is 0 Å². The molecule has 6 heteroatoms. The molecule has 104 valence electrons. The summed E-state index contributed by atoms with van der Waals surface area (Å²) in [5.41, 5.74) is 4.52. The second-order valence-corrected chi connectivity index (χ2v) is 5.09. The molecular weight excluding hydrogens is 257 g/mol. The fourth-order valence-electron chi connectivity index (χ4n) is 1.88.